The van der Waals surface area contributed by atoms with Gasteiger partial charge in [0.05, 0.1) is 18.2 Å². The van der Waals surface area contributed by atoms with Gasteiger partial charge >= 0.3 is 0 Å². The van der Waals surface area contributed by atoms with E-state index in [1.807, 2.05) is 72.8 Å². The minimum absolute atomic E-state index is 0. The number of carbonyl (C=O) groups excluding carboxylic acids is 1. The predicted octanol–water partition coefficient (Wildman–Crippen LogP) is 12.6. The van der Waals surface area contributed by atoms with Crippen molar-refractivity contribution < 1.29 is 38.8 Å². The third kappa shape index (κ3) is 8.69. The van der Waals surface area contributed by atoms with Crippen LogP contribution in [0.3, 0.4) is 0 Å². The average Bonchev–Trinajstić information content (AvgIpc) is 3.77. The van der Waals surface area contributed by atoms with Crippen molar-refractivity contribution in [2.24, 2.45) is 0 Å². The second-order valence-electron chi connectivity index (χ2n) is 13.8. The predicted molar refractivity (Wildman–Crippen MR) is 233 cm³/mol. The minimum atomic E-state index is -0.337. The maximum Gasteiger partial charge on any atom is 0.155 e. The zero-order chi connectivity index (χ0) is 40.9. The number of fused-ring (bicyclic) bond motifs is 6. The molecular formula is C51H36F2IrN4O2-2. The molecule has 0 unspecified atom stereocenters. The van der Waals surface area contributed by atoms with Gasteiger partial charge in [-0.2, -0.15) is 0 Å². The van der Waals surface area contributed by atoms with Crippen molar-refractivity contribution in [3.05, 3.63) is 206 Å². The molecule has 0 bridgehead atoms. The van der Waals surface area contributed by atoms with E-state index in [-0.39, 0.29) is 43.3 Å². The van der Waals surface area contributed by atoms with Crippen LogP contribution in [0.1, 0.15) is 13.8 Å². The Labute approximate surface area is 359 Å². The summed E-state index contributed by atoms with van der Waals surface area (Å²) in [5.74, 6) is -0.737. The first-order valence-electron chi connectivity index (χ1n) is 18.9. The van der Waals surface area contributed by atoms with Gasteiger partial charge in [-0.05, 0) is 95.6 Å². The second kappa shape index (κ2) is 18.2. The first-order valence-corrected chi connectivity index (χ1v) is 18.9. The largest absolute Gasteiger partial charge is 0.512 e. The number of carbonyl (C=O) groups is 1. The molecule has 10 rings (SSSR count). The van der Waals surface area contributed by atoms with Crippen LogP contribution in [0.25, 0.3) is 77.5 Å². The van der Waals surface area contributed by atoms with Crippen LogP contribution >= 0.6 is 0 Å². The van der Waals surface area contributed by atoms with Gasteiger partial charge in [0, 0.05) is 48.6 Å². The molecule has 4 heterocycles. The van der Waals surface area contributed by atoms with Crippen LogP contribution in [0.4, 0.5) is 8.78 Å². The maximum atomic E-state index is 13.2. The Morgan fingerprint density at radius 3 is 1.30 bits per heavy atom. The molecule has 4 aromatic heterocycles. The quantitative estimate of drug-likeness (QED) is 0.106. The Balaban J connectivity index is 0.000000155. The van der Waals surface area contributed by atoms with Gasteiger partial charge in [-0.1, -0.05) is 95.7 Å². The van der Waals surface area contributed by atoms with Crippen molar-refractivity contribution in [1.82, 2.24) is 19.1 Å². The van der Waals surface area contributed by atoms with E-state index in [1.54, 1.807) is 12.1 Å². The molecular weight excluding hydrogens is 931 g/mol. The number of hydrogen-bond acceptors (Lipinski definition) is 4. The number of aliphatic hydroxyl groups excluding tert-OH is 1. The molecule has 6 aromatic carbocycles. The Kier molecular flexibility index (Phi) is 12.5. The number of ketones is 1. The van der Waals surface area contributed by atoms with Crippen molar-refractivity contribution in [1.29, 1.82) is 0 Å². The van der Waals surface area contributed by atoms with Gasteiger partial charge in [0.1, 0.15) is 11.6 Å². The van der Waals surface area contributed by atoms with Gasteiger partial charge in [-0.15, -0.1) is 47.5 Å². The SMILES string of the molecule is CC(=O)/C=C(/C)O.Fc1ccc(-c2[c-]cc3c(c2)c2ccccc2n3-c2ccccc2)nc1.Fc1ccc(-c2[c-]cc3c(c2)c2ccccc2n3-c2ccccc2)nc1.[Ir]. The number of nitrogens with zero attached hydrogens (tertiary/aromatic N) is 4. The standard InChI is InChI=1S/2C23H14FN2.C5H8O2.Ir/c2*24-17-11-12-21(25-15-17)16-10-13-23-20(14-16)19-8-4-5-9-22(19)26(23)18-6-2-1-3-7-18;1-4(6)3-5(2)7;/h2*1-9,11-15H;3,6H,1-2H3;/q2*-1;;/b;;4-3-;. The zero-order valence-corrected chi connectivity index (χ0v) is 34.9. The van der Waals surface area contributed by atoms with Gasteiger partial charge in [-0.25, -0.2) is 8.78 Å². The Bertz CT molecular complexity index is 2910. The summed E-state index contributed by atoms with van der Waals surface area (Å²) in [6.07, 6.45) is 3.64. The fraction of sp³-hybridized carbons (Fsp3) is 0.0392. The number of aliphatic hydroxyl groups is 1. The Morgan fingerprint density at radius 1 is 0.550 bits per heavy atom. The molecule has 0 amide bonds. The zero-order valence-electron chi connectivity index (χ0n) is 32.5. The summed E-state index contributed by atoms with van der Waals surface area (Å²) in [4.78, 5) is 18.4. The molecule has 0 atom stereocenters. The number of aromatic nitrogens is 4. The molecule has 10 aromatic rings. The molecule has 1 radical (unpaired) electrons. The van der Waals surface area contributed by atoms with E-state index in [9.17, 15) is 13.6 Å². The molecule has 0 aliphatic rings. The summed E-state index contributed by atoms with van der Waals surface area (Å²) in [6.45, 7) is 2.85. The second-order valence-corrected chi connectivity index (χ2v) is 13.8. The molecule has 0 fully saturated rings. The van der Waals surface area contributed by atoms with Crippen LogP contribution in [0.5, 0.6) is 0 Å². The first kappa shape index (κ1) is 41.1. The molecule has 0 spiro atoms. The molecule has 0 aliphatic heterocycles. The van der Waals surface area contributed by atoms with E-state index in [1.165, 1.54) is 55.2 Å². The van der Waals surface area contributed by atoms with Crippen molar-refractivity contribution in [2.75, 3.05) is 0 Å². The van der Waals surface area contributed by atoms with Gasteiger partial charge in [-0.3, -0.25) is 4.79 Å². The van der Waals surface area contributed by atoms with Crippen LogP contribution in [-0.4, -0.2) is 30.0 Å². The van der Waals surface area contributed by atoms with Crippen LogP contribution in [0.2, 0.25) is 0 Å². The van der Waals surface area contributed by atoms with E-state index in [2.05, 4.69) is 91.9 Å². The number of benzene rings is 6. The topological polar surface area (TPSA) is 72.9 Å². The molecule has 0 saturated carbocycles. The van der Waals surface area contributed by atoms with E-state index in [0.29, 0.717) is 11.4 Å². The van der Waals surface area contributed by atoms with Crippen molar-refractivity contribution in [2.45, 2.75) is 13.8 Å². The van der Waals surface area contributed by atoms with Gasteiger partial charge in [0.15, 0.2) is 5.78 Å². The summed E-state index contributed by atoms with van der Waals surface area (Å²) >= 11 is 0. The van der Waals surface area contributed by atoms with Gasteiger partial charge < -0.3 is 24.2 Å². The molecule has 1 N–H and O–H groups in total. The number of rotatable bonds is 5. The number of para-hydroxylation sites is 4. The normalized spacial score (nSPS) is 11.1. The smallest absolute Gasteiger partial charge is 0.155 e. The summed E-state index contributed by atoms with van der Waals surface area (Å²) < 4.78 is 30.8. The summed E-state index contributed by atoms with van der Waals surface area (Å²) in [5.41, 5.74) is 9.82. The van der Waals surface area contributed by atoms with Crippen LogP contribution < -0.4 is 0 Å². The molecule has 0 aliphatic carbocycles. The summed E-state index contributed by atoms with van der Waals surface area (Å²) in [6, 6.07) is 58.2. The van der Waals surface area contributed by atoms with E-state index in [0.717, 1.165) is 55.3 Å². The van der Waals surface area contributed by atoms with Gasteiger partial charge in [0.2, 0.25) is 0 Å². The maximum absolute atomic E-state index is 13.2. The molecule has 9 heteroatoms. The fourth-order valence-electron chi connectivity index (χ4n) is 7.19. The van der Waals surface area contributed by atoms with E-state index >= 15 is 0 Å². The monoisotopic (exact) mass is 967 g/mol. The molecule has 0 saturated heterocycles. The third-order valence-electron chi connectivity index (χ3n) is 9.66. The number of allylic oxidation sites excluding steroid dienone is 2. The Morgan fingerprint density at radius 2 is 0.950 bits per heavy atom. The molecule has 6 nitrogen and oxygen atoms in total. The summed E-state index contributed by atoms with van der Waals surface area (Å²) in [5, 5.41) is 13.0. The third-order valence-corrected chi connectivity index (χ3v) is 9.66. The van der Waals surface area contributed by atoms with Crippen LogP contribution in [0, 0.1) is 23.8 Å². The van der Waals surface area contributed by atoms with E-state index < -0.39 is 0 Å². The first-order chi connectivity index (χ1) is 28.7. The number of pyridine rings is 2. The Hall–Kier alpha value is -7.06. The minimum Gasteiger partial charge on any atom is -0.512 e. The van der Waals surface area contributed by atoms with Crippen molar-refractivity contribution in [3.8, 4) is 33.9 Å². The van der Waals surface area contributed by atoms with E-state index in [4.69, 9.17) is 5.11 Å². The van der Waals surface area contributed by atoms with Gasteiger partial charge in [0.25, 0.3) is 0 Å². The van der Waals surface area contributed by atoms with Crippen LogP contribution in [0.15, 0.2) is 182 Å². The molecule has 297 valence electrons. The number of hydrogen-bond donors (Lipinski definition) is 1. The number of halogens is 2. The fourth-order valence-corrected chi connectivity index (χ4v) is 7.19. The molecule has 60 heavy (non-hydrogen) atoms. The van der Waals surface area contributed by atoms with Crippen molar-refractivity contribution in [3.63, 3.8) is 0 Å². The summed E-state index contributed by atoms with van der Waals surface area (Å²) in [7, 11) is 0. The van der Waals surface area contributed by atoms with Crippen LogP contribution in [-0.2, 0) is 24.9 Å². The van der Waals surface area contributed by atoms with Crippen molar-refractivity contribution >= 4 is 49.4 Å². The average molecular weight is 967 g/mol.